The second kappa shape index (κ2) is 43.4. The minimum atomic E-state index is -1.73. The molecule has 0 bridgehead atoms. The van der Waals surface area contributed by atoms with Crippen molar-refractivity contribution < 1.29 is 53.3 Å². The van der Waals surface area contributed by atoms with E-state index < -0.39 is 79.0 Å². The van der Waals surface area contributed by atoms with E-state index in [1.54, 1.807) is 0 Å². The Kier molecular flexibility index (Phi) is 39.8. The van der Waals surface area contributed by atoms with Crippen LogP contribution in [0.3, 0.4) is 0 Å². The highest BCUT2D eigenvalue weighted by molar-refractivity contribution is 5.84. The van der Waals surface area contributed by atoms with Crippen LogP contribution in [0.2, 0.25) is 0 Å². The fourth-order valence-corrected chi connectivity index (χ4v) is 9.57. The molecule has 1 aliphatic heterocycles. The van der Waals surface area contributed by atoms with E-state index in [4.69, 9.17) is 14.2 Å². The van der Waals surface area contributed by atoms with Crippen molar-refractivity contribution in [3.8, 4) is 0 Å². The quantitative estimate of drug-likeness (QED) is 0.0312. The Hall–Kier alpha value is -1.97. The van der Waals surface area contributed by atoms with E-state index in [0.29, 0.717) is 13.0 Å². The van der Waals surface area contributed by atoms with Crippen LogP contribution in [-0.2, 0) is 14.2 Å². The van der Waals surface area contributed by atoms with Crippen LogP contribution >= 0.6 is 0 Å². The van der Waals surface area contributed by atoms with Crippen LogP contribution in [0.25, 0.3) is 0 Å². The predicted octanol–water partition coefficient (Wildman–Crippen LogP) is 13.5. The van der Waals surface area contributed by atoms with Gasteiger partial charge in [0.2, 0.25) is 0 Å². The molecule has 2 rings (SSSR count). The van der Waals surface area contributed by atoms with Crippen LogP contribution in [0, 0.1) is 11.6 Å². The number of amides is 1. The summed E-state index contributed by atoms with van der Waals surface area (Å²) in [5, 5.41) is 60.0. The molecule has 0 aromatic heterocycles. The lowest BCUT2D eigenvalue weighted by molar-refractivity contribution is -0.302. The van der Waals surface area contributed by atoms with Gasteiger partial charge in [0.05, 0.1) is 30.5 Å². The van der Waals surface area contributed by atoms with Crippen molar-refractivity contribution >= 4 is 11.8 Å². The number of aliphatic hydroxyl groups excluding tert-OH is 5. The molecule has 1 fully saturated rings. The van der Waals surface area contributed by atoms with Gasteiger partial charge in [-0.15, -0.1) is 0 Å². The zero-order valence-corrected chi connectivity index (χ0v) is 44.3. The molecule has 8 atom stereocenters. The number of anilines is 1. The topological polar surface area (TPSA) is 170 Å². The van der Waals surface area contributed by atoms with Gasteiger partial charge >= 0.3 is 6.09 Å². The van der Waals surface area contributed by atoms with Crippen LogP contribution in [0.1, 0.15) is 251 Å². The van der Waals surface area contributed by atoms with Gasteiger partial charge in [0.25, 0.3) is 0 Å². The standard InChI is InChI=1S/C57H104F2N2O9/c1-3-5-7-9-11-13-15-17-18-19-20-21-22-23-24-25-26-27-28-30-32-34-36-38-42-60-49(52(63)50(62)39-37-35-33-31-29-16-14-12-10-8-6-4-2)44-68-56-55(66)54(65)53(64)51(70-56)45-69-57(67)61-48-43-46(58)40-41-47(48)59/h40-41,43,49-56,60,62-66H,3-39,42,44-45H2,1-2H3,(H,61,67)/t49-,50+,51+,52-,53-,54-,55+,56-/m0/s1. The van der Waals surface area contributed by atoms with Crippen LogP contribution < -0.4 is 10.6 Å². The van der Waals surface area contributed by atoms with E-state index in [2.05, 4.69) is 24.5 Å². The average Bonchev–Trinajstić information content (AvgIpc) is 3.35. The normalized spacial score (nSPS) is 19.6. The highest BCUT2D eigenvalue weighted by Gasteiger charge is 2.45. The number of aliphatic hydroxyl groups is 5. The summed E-state index contributed by atoms with van der Waals surface area (Å²) in [5.41, 5.74) is -0.448. The SMILES string of the molecule is CCCCCCCCCCCCCCCCCCCCCCCCCCN[C@@H](CO[C@H]1O[C@H](COC(=O)Nc2cc(F)ccc2F)[C@H](O)[C@H](O)[C@H]1O)[C@H](O)[C@H](O)CCCCCCCCCCCCCC. The predicted molar refractivity (Wildman–Crippen MR) is 280 cm³/mol. The molecule has 1 amide bonds. The lowest BCUT2D eigenvalue weighted by Gasteiger charge is -2.40. The summed E-state index contributed by atoms with van der Waals surface area (Å²) >= 11 is 0. The molecule has 0 radical (unpaired) electrons. The van der Waals surface area contributed by atoms with Gasteiger partial charge in [-0.3, -0.25) is 5.32 Å². The highest BCUT2D eigenvalue weighted by atomic mass is 19.1. The maximum atomic E-state index is 14.0. The third-order valence-corrected chi connectivity index (χ3v) is 14.2. The van der Waals surface area contributed by atoms with Gasteiger partial charge in [-0.25, -0.2) is 13.6 Å². The van der Waals surface area contributed by atoms with Gasteiger partial charge in [0, 0.05) is 6.07 Å². The van der Waals surface area contributed by atoms with Crippen LogP contribution in [0.5, 0.6) is 0 Å². The lowest BCUT2D eigenvalue weighted by Crippen LogP contribution is -2.60. The minimum absolute atomic E-state index is 0.201. The van der Waals surface area contributed by atoms with Gasteiger partial charge in [-0.2, -0.15) is 0 Å². The Morgan fingerprint density at radius 2 is 1.00 bits per heavy atom. The van der Waals surface area contributed by atoms with Crippen molar-refractivity contribution in [2.75, 3.05) is 25.1 Å². The number of rotatable bonds is 47. The van der Waals surface area contributed by atoms with Crippen molar-refractivity contribution in [1.82, 2.24) is 5.32 Å². The zero-order valence-electron chi connectivity index (χ0n) is 44.3. The Labute approximate surface area is 424 Å². The number of hydrogen-bond acceptors (Lipinski definition) is 10. The molecule has 410 valence electrons. The van der Waals surface area contributed by atoms with Gasteiger partial charge in [0.15, 0.2) is 6.29 Å². The molecule has 0 saturated carbocycles. The van der Waals surface area contributed by atoms with Crippen molar-refractivity contribution in [3.05, 3.63) is 29.8 Å². The van der Waals surface area contributed by atoms with Gasteiger partial charge in [-0.1, -0.05) is 239 Å². The molecular formula is C57H104F2N2O9. The molecular weight excluding hydrogens is 895 g/mol. The summed E-state index contributed by atoms with van der Waals surface area (Å²) < 4.78 is 44.3. The Balaban J connectivity index is 1.70. The van der Waals surface area contributed by atoms with Gasteiger partial charge in [0.1, 0.15) is 42.7 Å². The molecule has 0 aliphatic carbocycles. The molecule has 1 aromatic rings. The average molecular weight is 999 g/mol. The monoisotopic (exact) mass is 999 g/mol. The van der Waals surface area contributed by atoms with E-state index in [-0.39, 0.29) is 6.61 Å². The smallest absolute Gasteiger partial charge is 0.411 e. The summed E-state index contributed by atoms with van der Waals surface area (Å²) in [7, 11) is 0. The number of nitrogens with one attached hydrogen (secondary N) is 2. The van der Waals surface area contributed by atoms with Crippen LogP contribution in [0.4, 0.5) is 19.3 Å². The number of benzene rings is 1. The van der Waals surface area contributed by atoms with E-state index in [1.165, 1.54) is 186 Å². The summed E-state index contributed by atoms with van der Waals surface area (Å²) in [5.74, 6) is -1.66. The largest absolute Gasteiger partial charge is 0.446 e. The molecule has 7 N–H and O–H groups in total. The molecule has 13 heteroatoms. The van der Waals surface area contributed by atoms with Crippen molar-refractivity contribution in [1.29, 1.82) is 0 Å². The zero-order chi connectivity index (χ0) is 50.9. The summed E-state index contributed by atoms with van der Waals surface area (Å²) in [6.45, 7) is 4.27. The first-order valence-corrected chi connectivity index (χ1v) is 28.9. The van der Waals surface area contributed by atoms with E-state index in [0.717, 1.165) is 63.1 Å². The first-order valence-electron chi connectivity index (χ1n) is 28.9. The molecule has 1 saturated heterocycles. The Morgan fingerprint density at radius 1 is 0.586 bits per heavy atom. The molecule has 0 unspecified atom stereocenters. The summed E-state index contributed by atoms with van der Waals surface area (Å²) in [6, 6.07) is 1.79. The van der Waals surface area contributed by atoms with Gasteiger partial charge in [-0.05, 0) is 31.5 Å². The fraction of sp³-hybridized carbons (Fsp3) is 0.877. The maximum absolute atomic E-state index is 14.0. The third-order valence-electron chi connectivity index (χ3n) is 14.2. The van der Waals surface area contributed by atoms with Crippen LogP contribution in [0.15, 0.2) is 18.2 Å². The van der Waals surface area contributed by atoms with Crippen molar-refractivity contribution in [3.63, 3.8) is 0 Å². The van der Waals surface area contributed by atoms with Crippen molar-refractivity contribution in [2.45, 2.75) is 300 Å². The Morgan fingerprint density at radius 3 is 1.44 bits per heavy atom. The number of hydrogen-bond donors (Lipinski definition) is 7. The number of halogens is 2. The first-order chi connectivity index (χ1) is 34.1. The number of carbonyl (C=O) groups excluding carboxylic acids is 1. The Bertz CT molecular complexity index is 1370. The van der Waals surface area contributed by atoms with Crippen LogP contribution in [-0.4, -0.2) is 100 Å². The lowest BCUT2D eigenvalue weighted by atomic mass is 9.98. The maximum Gasteiger partial charge on any atom is 0.411 e. The van der Waals surface area contributed by atoms with E-state index >= 15 is 0 Å². The number of unbranched alkanes of at least 4 members (excludes halogenated alkanes) is 34. The number of carbonyl (C=O) groups is 1. The van der Waals surface area contributed by atoms with E-state index in [1.807, 2.05) is 0 Å². The van der Waals surface area contributed by atoms with E-state index in [9.17, 15) is 39.1 Å². The van der Waals surface area contributed by atoms with Crippen molar-refractivity contribution in [2.24, 2.45) is 0 Å². The summed E-state index contributed by atoms with van der Waals surface area (Å²) in [4.78, 5) is 12.4. The molecule has 1 aliphatic rings. The number of ether oxygens (including phenoxy) is 3. The molecule has 0 spiro atoms. The van der Waals surface area contributed by atoms with Gasteiger partial charge < -0.3 is 45.1 Å². The summed E-state index contributed by atoms with van der Waals surface area (Å²) in [6.07, 6.45) is 35.2. The molecule has 70 heavy (non-hydrogen) atoms. The highest BCUT2D eigenvalue weighted by Crippen LogP contribution is 2.25. The second-order valence-corrected chi connectivity index (χ2v) is 20.6. The molecule has 1 heterocycles. The first kappa shape index (κ1) is 64.1. The fourth-order valence-electron chi connectivity index (χ4n) is 9.57. The molecule has 11 nitrogen and oxygen atoms in total. The second-order valence-electron chi connectivity index (χ2n) is 20.6. The molecule has 1 aromatic carbocycles. The minimum Gasteiger partial charge on any atom is -0.446 e. The third kappa shape index (κ3) is 31.6.